The molecule has 5 rings (SSSR count). The predicted molar refractivity (Wildman–Crippen MR) is 123 cm³/mol. The molecule has 0 saturated carbocycles. The van der Waals surface area contributed by atoms with Gasteiger partial charge in [0.1, 0.15) is 11.9 Å². The molecule has 0 atom stereocenters. The fraction of sp³-hybridized carbons (Fsp3) is 0.160. The molecule has 0 amide bonds. The highest BCUT2D eigenvalue weighted by Crippen LogP contribution is 2.42. The normalized spacial score (nSPS) is 13.0. The van der Waals surface area contributed by atoms with E-state index in [1.54, 1.807) is 0 Å². The molecule has 4 nitrogen and oxygen atoms in total. The molecular weight excluding hydrogens is 388 g/mol. The zero-order chi connectivity index (χ0) is 20.7. The molecule has 3 aromatic carbocycles. The van der Waals surface area contributed by atoms with Crippen LogP contribution in [0.15, 0.2) is 60.7 Å². The minimum absolute atomic E-state index is 0.359. The number of anilines is 1. The smallest absolute Gasteiger partial charge is 0.206 e. The lowest BCUT2D eigenvalue weighted by molar-refractivity contribution is 0.690. The summed E-state index contributed by atoms with van der Waals surface area (Å²) in [6.07, 6.45) is 4.07. The number of nitrogens with zero attached hydrogens (tertiary/aromatic N) is 3. The number of hydrogen-bond donors (Lipinski definition) is 1. The summed E-state index contributed by atoms with van der Waals surface area (Å²) in [5.74, 6) is 0.561. The van der Waals surface area contributed by atoms with Gasteiger partial charge in [0.25, 0.3) is 0 Å². The van der Waals surface area contributed by atoms with Crippen LogP contribution in [0.1, 0.15) is 29.5 Å². The van der Waals surface area contributed by atoms with E-state index in [0.29, 0.717) is 21.7 Å². The van der Waals surface area contributed by atoms with Crippen LogP contribution in [0.5, 0.6) is 0 Å². The summed E-state index contributed by atoms with van der Waals surface area (Å²) >= 11 is 5.63. The molecule has 0 saturated heterocycles. The number of nitrogen functional groups attached to an aromatic ring is 1. The van der Waals surface area contributed by atoms with Gasteiger partial charge in [0.05, 0.1) is 11.1 Å². The van der Waals surface area contributed by atoms with Gasteiger partial charge in [-0.15, -0.1) is 0 Å². The van der Waals surface area contributed by atoms with Crippen LogP contribution in [-0.2, 0) is 12.8 Å². The van der Waals surface area contributed by atoms with E-state index in [2.05, 4.69) is 18.2 Å². The summed E-state index contributed by atoms with van der Waals surface area (Å²) in [6.45, 7) is 0. The molecule has 0 aliphatic heterocycles. The van der Waals surface area contributed by atoms with Gasteiger partial charge in [0.15, 0.2) is 0 Å². The van der Waals surface area contributed by atoms with Gasteiger partial charge in [0, 0.05) is 16.6 Å². The molecule has 0 radical (unpaired) electrons. The van der Waals surface area contributed by atoms with Gasteiger partial charge >= 0.3 is 0 Å². The first-order valence-corrected chi connectivity index (χ1v) is 10.5. The van der Waals surface area contributed by atoms with E-state index in [0.717, 1.165) is 47.9 Å². The maximum absolute atomic E-state index is 10.2. The maximum Gasteiger partial charge on any atom is 0.206 e. The zero-order valence-electron chi connectivity index (χ0n) is 16.4. The van der Waals surface area contributed by atoms with Crippen LogP contribution in [0.3, 0.4) is 0 Å². The number of para-hydroxylation sites is 1. The highest BCUT2D eigenvalue weighted by molar-refractivity contribution is 7.71. The van der Waals surface area contributed by atoms with Gasteiger partial charge in [0.2, 0.25) is 4.77 Å². The van der Waals surface area contributed by atoms with Crippen molar-refractivity contribution in [2.75, 3.05) is 5.73 Å². The average molecular weight is 409 g/mol. The second kappa shape index (κ2) is 7.40. The van der Waals surface area contributed by atoms with Gasteiger partial charge in [-0.1, -0.05) is 48.5 Å². The van der Waals surface area contributed by atoms with Crippen molar-refractivity contribution in [2.45, 2.75) is 25.7 Å². The largest absolute Gasteiger partial charge is 0.384 e. The second-order valence-electron chi connectivity index (χ2n) is 7.57. The van der Waals surface area contributed by atoms with E-state index >= 15 is 0 Å². The third kappa shape index (κ3) is 2.80. The lowest BCUT2D eigenvalue weighted by Gasteiger charge is -2.25. The van der Waals surface area contributed by atoms with Gasteiger partial charge in [-0.25, -0.2) is 4.98 Å². The van der Waals surface area contributed by atoms with Crippen molar-refractivity contribution < 1.29 is 0 Å². The highest BCUT2D eigenvalue weighted by Gasteiger charge is 2.26. The van der Waals surface area contributed by atoms with Crippen molar-refractivity contribution in [1.29, 1.82) is 5.26 Å². The number of nitrogens with two attached hydrogens (primary N) is 1. The monoisotopic (exact) mass is 408 g/mol. The summed E-state index contributed by atoms with van der Waals surface area (Å²) in [5.41, 5.74) is 13.3. The molecule has 1 aromatic heterocycles. The third-order valence-corrected chi connectivity index (χ3v) is 6.15. The van der Waals surface area contributed by atoms with E-state index < -0.39 is 0 Å². The number of aryl methyl sites for hydroxylation is 1. The standard InChI is InChI=1S/C25H20N4S/c26-15-20-21(16-9-3-1-4-10-16)18-13-7-8-14-19(18)22-23(20)28-25(30)29(24(22)27)17-11-5-2-6-12-17/h1-6,9-12H,7-8,13-14,27H2. The summed E-state index contributed by atoms with van der Waals surface area (Å²) < 4.78 is 2.17. The lowest BCUT2D eigenvalue weighted by atomic mass is 9.81. The molecule has 0 fully saturated rings. The van der Waals surface area contributed by atoms with Crippen molar-refractivity contribution in [3.05, 3.63) is 82.1 Å². The summed E-state index contributed by atoms with van der Waals surface area (Å²) in [4.78, 5) is 4.75. The Bertz CT molecular complexity index is 1370. The van der Waals surface area contributed by atoms with E-state index in [9.17, 15) is 5.26 Å². The second-order valence-corrected chi connectivity index (χ2v) is 7.93. The fourth-order valence-electron chi connectivity index (χ4n) is 4.60. The Morgan fingerprint density at radius 3 is 2.23 bits per heavy atom. The van der Waals surface area contributed by atoms with Crippen molar-refractivity contribution >= 4 is 28.9 Å². The summed E-state index contributed by atoms with van der Waals surface area (Å²) in [6, 6.07) is 22.3. The Labute approximate surface area is 180 Å². The van der Waals surface area contributed by atoms with Crippen LogP contribution in [0.4, 0.5) is 5.82 Å². The summed E-state index contributed by atoms with van der Waals surface area (Å²) in [5, 5.41) is 11.0. The molecule has 30 heavy (non-hydrogen) atoms. The number of aromatic nitrogens is 2. The molecule has 2 N–H and O–H groups in total. The number of rotatable bonds is 2. The Morgan fingerprint density at radius 1 is 0.933 bits per heavy atom. The van der Waals surface area contributed by atoms with Crippen molar-refractivity contribution in [2.24, 2.45) is 0 Å². The number of benzene rings is 3. The molecule has 1 aliphatic carbocycles. The molecule has 5 heteroatoms. The Balaban J connectivity index is 1.96. The Morgan fingerprint density at radius 2 is 1.57 bits per heavy atom. The van der Waals surface area contributed by atoms with E-state index in [1.165, 1.54) is 11.1 Å². The third-order valence-electron chi connectivity index (χ3n) is 5.88. The predicted octanol–water partition coefficient (Wildman–Crippen LogP) is 5.75. The van der Waals surface area contributed by atoms with E-state index in [4.69, 9.17) is 22.9 Å². The lowest BCUT2D eigenvalue weighted by Crippen LogP contribution is -2.14. The maximum atomic E-state index is 10.2. The fourth-order valence-corrected chi connectivity index (χ4v) is 4.90. The Hall–Kier alpha value is -3.49. The minimum Gasteiger partial charge on any atom is -0.384 e. The van der Waals surface area contributed by atoms with Crippen LogP contribution >= 0.6 is 12.2 Å². The molecule has 4 aromatic rings. The number of fused-ring (bicyclic) bond motifs is 3. The number of hydrogen-bond acceptors (Lipinski definition) is 4. The highest BCUT2D eigenvalue weighted by atomic mass is 32.1. The van der Waals surface area contributed by atoms with Crippen LogP contribution < -0.4 is 5.73 Å². The molecule has 0 spiro atoms. The molecule has 0 unspecified atom stereocenters. The first-order chi connectivity index (χ1) is 14.7. The minimum atomic E-state index is 0.359. The van der Waals surface area contributed by atoms with Gasteiger partial charge < -0.3 is 5.73 Å². The quantitative estimate of drug-likeness (QED) is 0.429. The van der Waals surface area contributed by atoms with Crippen LogP contribution in [0.2, 0.25) is 0 Å². The average Bonchev–Trinajstić information content (AvgIpc) is 2.79. The first-order valence-electron chi connectivity index (χ1n) is 10.1. The van der Waals surface area contributed by atoms with Gasteiger partial charge in [-0.3, -0.25) is 4.57 Å². The molecular formula is C25H20N4S. The molecule has 1 heterocycles. The van der Waals surface area contributed by atoms with Crippen molar-refractivity contribution in [3.8, 4) is 22.9 Å². The zero-order valence-corrected chi connectivity index (χ0v) is 17.2. The first kappa shape index (κ1) is 18.5. The van der Waals surface area contributed by atoms with E-state index in [1.807, 2.05) is 53.1 Å². The molecule has 0 bridgehead atoms. The molecule has 1 aliphatic rings. The molecule has 146 valence electrons. The van der Waals surface area contributed by atoms with Crippen LogP contribution in [0.25, 0.3) is 27.7 Å². The van der Waals surface area contributed by atoms with Crippen molar-refractivity contribution in [1.82, 2.24) is 9.55 Å². The van der Waals surface area contributed by atoms with Gasteiger partial charge in [-0.2, -0.15) is 5.26 Å². The van der Waals surface area contributed by atoms with E-state index in [-0.39, 0.29) is 0 Å². The van der Waals surface area contributed by atoms with Crippen LogP contribution in [0, 0.1) is 16.1 Å². The summed E-state index contributed by atoms with van der Waals surface area (Å²) in [7, 11) is 0. The van der Waals surface area contributed by atoms with Crippen LogP contribution in [-0.4, -0.2) is 9.55 Å². The SMILES string of the molecule is N#Cc1c(-c2ccccc2)c2c(c3c(N)n(-c4ccccc4)c(=S)nc13)CCCC2. The van der Waals surface area contributed by atoms with Gasteiger partial charge in [-0.05, 0) is 66.7 Å². The Kier molecular flexibility index (Phi) is 4.57. The topological polar surface area (TPSA) is 67.6 Å². The number of nitriles is 1. The van der Waals surface area contributed by atoms with Crippen molar-refractivity contribution in [3.63, 3.8) is 0 Å².